The zero-order chi connectivity index (χ0) is 18.5. The van der Waals surface area contributed by atoms with Crippen LogP contribution >= 0.6 is 11.8 Å². The first-order valence-corrected chi connectivity index (χ1v) is 9.45. The van der Waals surface area contributed by atoms with Crippen LogP contribution < -0.4 is 5.32 Å². The number of carbonyl (C=O) groups excluding carboxylic acids is 1. The number of rotatable bonds is 6. The van der Waals surface area contributed by atoms with E-state index in [0.29, 0.717) is 17.5 Å². The number of amides is 1. The molecule has 0 bridgehead atoms. The average Bonchev–Trinajstić information content (AvgIpc) is 3.12. The molecule has 1 heterocycles. The maximum absolute atomic E-state index is 12.4. The molecule has 1 atom stereocenters. The summed E-state index contributed by atoms with van der Waals surface area (Å²) in [5, 5.41) is 6.76. The molecular formula is C20H21N3O2S. The molecule has 26 heavy (non-hydrogen) atoms. The Balaban J connectivity index is 1.57. The first-order valence-electron chi connectivity index (χ1n) is 8.40. The van der Waals surface area contributed by atoms with Crippen molar-refractivity contribution < 1.29 is 9.32 Å². The summed E-state index contributed by atoms with van der Waals surface area (Å²) in [7, 11) is 0. The van der Waals surface area contributed by atoms with Crippen LogP contribution in [0.3, 0.4) is 0 Å². The summed E-state index contributed by atoms with van der Waals surface area (Å²) in [5.74, 6) is 1.53. The number of nitrogens with zero attached hydrogens (tertiary/aromatic N) is 2. The SMILES string of the molecule is Cc1ccc(C)c(NC(=O)[C@@H](C)SCc2nc(-c3ccccc3)no2)c1. The molecule has 5 nitrogen and oxygen atoms in total. The minimum atomic E-state index is -0.234. The van der Waals surface area contributed by atoms with Gasteiger partial charge in [-0.2, -0.15) is 4.98 Å². The van der Waals surface area contributed by atoms with Crippen LogP contribution in [0.5, 0.6) is 0 Å². The van der Waals surface area contributed by atoms with Gasteiger partial charge in [-0.15, -0.1) is 11.8 Å². The van der Waals surface area contributed by atoms with Gasteiger partial charge < -0.3 is 9.84 Å². The van der Waals surface area contributed by atoms with Crippen LogP contribution in [0.4, 0.5) is 5.69 Å². The molecule has 3 rings (SSSR count). The number of anilines is 1. The van der Waals surface area contributed by atoms with E-state index in [1.54, 1.807) is 0 Å². The van der Waals surface area contributed by atoms with E-state index >= 15 is 0 Å². The fraction of sp³-hybridized carbons (Fsp3) is 0.250. The number of hydrogen-bond acceptors (Lipinski definition) is 5. The Morgan fingerprint density at radius 2 is 1.96 bits per heavy atom. The minimum Gasteiger partial charge on any atom is -0.338 e. The van der Waals surface area contributed by atoms with Gasteiger partial charge in [-0.1, -0.05) is 47.6 Å². The summed E-state index contributed by atoms with van der Waals surface area (Å²) < 4.78 is 5.29. The van der Waals surface area contributed by atoms with Gasteiger partial charge >= 0.3 is 0 Å². The highest BCUT2D eigenvalue weighted by molar-refractivity contribution is 7.99. The van der Waals surface area contributed by atoms with Crippen molar-refractivity contribution in [3.05, 3.63) is 65.5 Å². The van der Waals surface area contributed by atoms with Crippen molar-refractivity contribution in [2.45, 2.75) is 31.8 Å². The van der Waals surface area contributed by atoms with Gasteiger partial charge in [0, 0.05) is 11.3 Å². The Bertz CT molecular complexity index is 893. The van der Waals surface area contributed by atoms with Crippen molar-refractivity contribution in [3.63, 3.8) is 0 Å². The van der Waals surface area contributed by atoms with Gasteiger partial charge in [0.05, 0.1) is 11.0 Å². The minimum absolute atomic E-state index is 0.0356. The maximum atomic E-state index is 12.4. The summed E-state index contributed by atoms with van der Waals surface area (Å²) >= 11 is 1.47. The molecule has 0 aliphatic carbocycles. The van der Waals surface area contributed by atoms with Crippen molar-refractivity contribution >= 4 is 23.4 Å². The van der Waals surface area contributed by atoms with Gasteiger partial charge in [-0.3, -0.25) is 4.79 Å². The maximum Gasteiger partial charge on any atom is 0.237 e. The number of hydrogen-bond donors (Lipinski definition) is 1. The van der Waals surface area contributed by atoms with Crippen LogP contribution in [0.15, 0.2) is 53.1 Å². The lowest BCUT2D eigenvalue weighted by Crippen LogP contribution is -2.23. The molecule has 0 fully saturated rings. The monoisotopic (exact) mass is 367 g/mol. The zero-order valence-corrected chi connectivity index (χ0v) is 15.8. The third kappa shape index (κ3) is 4.52. The summed E-state index contributed by atoms with van der Waals surface area (Å²) in [6.45, 7) is 5.86. The molecule has 134 valence electrons. The van der Waals surface area contributed by atoms with Crippen LogP contribution in [0.2, 0.25) is 0 Å². The first kappa shape index (κ1) is 18.2. The lowest BCUT2D eigenvalue weighted by atomic mass is 10.1. The van der Waals surface area contributed by atoms with Crippen molar-refractivity contribution in [1.82, 2.24) is 10.1 Å². The summed E-state index contributed by atoms with van der Waals surface area (Å²) in [6, 6.07) is 15.7. The fourth-order valence-electron chi connectivity index (χ4n) is 2.39. The van der Waals surface area contributed by atoms with Crippen molar-refractivity contribution in [3.8, 4) is 11.4 Å². The molecule has 1 amide bonds. The summed E-state index contributed by atoms with van der Waals surface area (Å²) in [6.07, 6.45) is 0. The van der Waals surface area contributed by atoms with Crippen LogP contribution in [0.1, 0.15) is 23.9 Å². The molecule has 0 saturated carbocycles. The first-order chi connectivity index (χ1) is 12.5. The predicted molar refractivity (Wildman–Crippen MR) is 105 cm³/mol. The zero-order valence-electron chi connectivity index (χ0n) is 15.0. The molecule has 6 heteroatoms. The number of benzene rings is 2. The van der Waals surface area contributed by atoms with E-state index in [-0.39, 0.29) is 11.2 Å². The van der Waals surface area contributed by atoms with E-state index in [9.17, 15) is 4.79 Å². The molecule has 0 unspecified atom stereocenters. The second-order valence-corrected chi connectivity index (χ2v) is 7.47. The standard InChI is InChI=1S/C20H21N3O2S/c1-13-9-10-14(2)17(11-13)21-20(24)15(3)26-12-18-22-19(23-25-18)16-7-5-4-6-8-16/h4-11,15H,12H2,1-3H3,(H,21,24)/t15-/m1/s1. The Morgan fingerprint density at radius 3 is 2.73 bits per heavy atom. The predicted octanol–water partition coefficient (Wildman–Crippen LogP) is 4.61. The number of aromatic nitrogens is 2. The topological polar surface area (TPSA) is 68.0 Å². The van der Waals surface area contributed by atoms with Gasteiger partial charge in [0.15, 0.2) is 0 Å². The highest BCUT2D eigenvalue weighted by atomic mass is 32.2. The van der Waals surface area contributed by atoms with Crippen molar-refractivity contribution in [1.29, 1.82) is 0 Å². The molecule has 3 aromatic rings. The third-order valence-electron chi connectivity index (χ3n) is 3.98. The second kappa shape index (κ2) is 8.19. The molecule has 1 N–H and O–H groups in total. The lowest BCUT2D eigenvalue weighted by molar-refractivity contribution is -0.115. The second-order valence-electron chi connectivity index (χ2n) is 6.14. The van der Waals surface area contributed by atoms with Gasteiger partial charge in [-0.05, 0) is 38.0 Å². The highest BCUT2D eigenvalue weighted by Gasteiger charge is 2.17. The van der Waals surface area contributed by atoms with E-state index in [1.807, 2.05) is 69.3 Å². The Morgan fingerprint density at radius 1 is 1.19 bits per heavy atom. The average molecular weight is 367 g/mol. The number of nitrogens with one attached hydrogen (secondary N) is 1. The highest BCUT2D eigenvalue weighted by Crippen LogP contribution is 2.22. The Labute approximate surface area is 157 Å². The molecule has 0 spiro atoms. The van der Waals surface area contributed by atoms with Crippen LogP contribution in [0, 0.1) is 13.8 Å². The van der Waals surface area contributed by atoms with Gasteiger partial charge in [0.1, 0.15) is 0 Å². The van der Waals surface area contributed by atoms with Crippen LogP contribution in [-0.2, 0) is 10.5 Å². The number of aryl methyl sites for hydroxylation is 2. The molecule has 0 aliphatic rings. The van der Waals surface area contributed by atoms with Gasteiger partial charge in [0.2, 0.25) is 17.6 Å². The lowest BCUT2D eigenvalue weighted by Gasteiger charge is -2.13. The number of carbonyl (C=O) groups is 1. The molecule has 0 saturated heterocycles. The van der Waals surface area contributed by atoms with Gasteiger partial charge in [0.25, 0.3) is 0 Å². The van der Waals surface area contributed by atoms with Crippen LogP contribution in [-0.4, -0.2) is 21.3 Å². The van der Waals surface area contributed by atoms with E-state index in [1.165, 1.54) is 11.8 Å². The molecular weight excluding hydrogens is 346 g/mol. The Kier molecular flexibility index (Phi) is 5.73. The number of thioether (sulfide) groups is 1. The van der Waals surface area contributed by atoms with Gasteiger partial charge in [-0.25, -0.2) is 0 Å². The smallest absolute Gasteiger partial charge is 0.237 e. The normalized spacial score (nSPS) is 12.0. The van der Waals surface area contributed by atoms with E-state index in [4.69, 9.17) is 4.52 Å². The summed E-state index contributed by atoms with van der Waals surface area (Å²) in [5.41, 5.74) is 3.93. The summed E-state index contributed by atoms with van der Waals surface area (Å²) in [4.78, 5) is 16.8. The third-order valence-corrected chi connectivity index (χ3v) is 5.10. The van der Waals surface area contributed by atoms with Crippen molar-refractivity contribution in [2.75, 3.05) is 5.32 Å². The van der Waals surface area contributed by atoms with E-state index < -0.39 is 0 Å². The molecule has 0 aliphatic heterocycles. The molecule has 1 aromatic heterocycles. The van der Waals surface area contributed by atoms with Crippen LogP contribution in [0.25, 0.3) is 11.4 Å². The molecule has 2 aromatic carbocycles. The van der Waals surface area contributed by atoms with Crippen molar-refractivity contribution in [2.24, 2.45) is 0 Å². The Hall–Kier alpha value is -2.60. The quantitative estimate of drug-likeness (QED) is 0.689. The molecule has 0 radical (unpaired) electrons. The van der Waals surface area contributed by atoms with E-state index in [2.05, 4.69) is 15.5 Å². The fourth-order valence-corrected chi connectivity index (χ4v) is 3.11. The van der Waals surface area contributed by atoms with E-state index in [0.717, 1.165) is 22.4 Å². The largest absolute Gasteiger partial charge is 0.338 e.